The van der Waals surface area contributed by atoms with Crippen LogP contribution in [0, 0.1) is 11.8 Å². The molecular formula is C42H76BaO6. The van der Waals surface area contributed by atoms with E-state index in [1.54, 1.807) is 24.3 Å². The second-order valence-electron chi connectivity index (χ2n) is 14.4. The average molecular weight is 814 g/mol. The summed E-state index contributed by atoms with van der Waals surface area (Å²) in [5.41, 5.74) is 0.573. The molecule has 49 heavy (non-hydrogen) atoms. The van der Waals surface area contributed by atoms with Crippen LogP contribution in [0.2, 0.25) is 0 Å². The Morgan fingerprint density at radius 2 is 0.857 bits per heavy atom. The topological polar surface area (TPSA) is 89.9 Å². The van der Waals surface area contributed by atoms with Crippen LogP contribution in [0.3, 0.4) is 0 Å². The quantitative estimate of drug-likeness (QED) is 0.0473. The summed E-state index contributed by atoms with van der Waals surface area (Å²) in [5.74, 6) is -0.146. The molecule has 0 aromatic heterocycles. The first kappa shape index (κ1) is 50.3. The van der Waals surface area contributed by atoms with E-state index in [-0.39, 0.29) is 60.0 Å². The van der Waals surface area contributed by atoms with Gasteiger partial charge in [0.2, 0.25) is 0 Å². The van der Waals surface area contributed by atoms with Gasteiger partial charge in [-0.3, -0.25) is 4.79 Å². The second-order valence-corrected chi connectivity index (χ2v) is 14.4. The van der Waals surface area contributed by atoms with Gasteiger partial charge in [-0.1, -0.05) is 175 Å². The van der Waals surface area contributed by atoms with E-state index in [9.17, 15) is 14.4 Å². The summed E-state index contributed by atoms with van der Waals surface area (Å²) in [4.78, 5) is 35.1. The number of carbonyl (C=O) groups excluding carboxylic acids is 2. The normalized spacial score (nSPS) is 10.8. The van der Waals surface area contributed by atoms with Crippen molar-refractivity contribution in [2.75, 3.05) is 13.2 Å². The van der Waals surface area contributed by atoms with Crippen molar-refractivity contribution in [3.8, 4) is 0 Å². The van der Waals surface area contributed by atoms with Crippen LogP contribution < -0.4 is 0 Å². The second kappa shape index (κ2) is 37.0. The van der Waals surface area contributed by atoms with Crippen molar-refractivity contribution < 1.29 is 29.0 Å². The number of carbonyl (C=O) groups is 3. The maximum atomic E-state index is 12.4. The Kier molecular flexibility index (Phi) is 38.0. The number of hydrogen-bond acceptors (Lipinski definition) is 5. The van der Waals surface area contributed by atoms with Crippen LogP contribution in [0.4, 0.5) is 0 Å². The number of rotatable bonds is 30. The van der Waals surface area contributed by atoms with Crippen LogP contribution >= 0.6 is 0 Å². The van der Waals surface area contributed by atoms with Crippen molar-refractivity contribution in [2.45, 2.75) is 189 Å². The van der Waals surface area contributed by atoms with Gasteiger partial charge in [-0.05, 0) is 43.2 Å². The summed E-state index contributed by atoms with van der Waals surface area (Å²) < 4.78 is 10.7. The summed E-state index contributed by atoms with van der Waals surface area (Å²) in [6.45, 7) is 11.9. The fraction of sp³-hybridized carbons (Fsp3) is 0.786. The number of carboxylic acid groups (broad SMARTS) is 1. The molecule has 0 saturated heterocycles. The summed E-state index contributed by atoms with van der Waals surface area (Å²) in [7, 11) is 0. The van der Waals surface area contributed by atoms with Gasteiger partial charge in [-0.25, -0.2) is 9.59 Å². The summed E-state index contributed by atoms with van der Waals surface area (Å²) in [5, 5.41) is 8.52. The molecule has 6 nitrogen and oxygen atoms in total. The first-order valence-electron chi connectivity index (χ1n) is 19.8. The van der Waals surface area contributed by atoms with Gasteiger partial charge in [0, 0.05) is 6.42 Å². The molecule has 282 valence electrons. The molecule has 0 amide bonds. The van der Waals surface area contributed by atoms with E-state index in [0.717, 1.165) is 51.4 Å². The fourth-order valence-electron chi connectivity index (χ4n) is 5.63. The monoisotopic (exact) mass is 814 g/mol. The van der Waals surface area contributed by atoms with E-state index >= 15 is 0 Å². The number of aliphatic carboxylic acids is 1. The fourth-order valence-corrected chi connectivity index (χ4v) is 5.63. The third-order valence-corrected chi connectivity index (χ3v) is 8.68. The maximum absolute atomic E-state index is 12.4. The van der Waals surface area contributed by atoms with Gasteiger partial charge in [0.1, 0.15) is 0 Å². The van der Waals surface area contributed by atoms with Crippen molar-refractivity contribution in [3.63, 3.8) is 0 Å². The number of esters is 2. The number of benzene rings is 1. The average Bonchev–Trinajstić information content (AvgIpc) is 3.05. The zero-order valence-electron chi connectivity index (χ0n) is 31.8. The SMILES string of the molecule is CC(C)CCCCCOC(=O)c1ccccc1C(=O)OCCCCCC(C)C.CCCCCCCCCCCCCCCCCC(=O)O.[BaH2]. The van der Waals surface area contributed by atoms with Crippen LogP contribution in [0.5, 0.6) is 0 Å². The molecule has 0 unspecified atom stereocenters. The number of hydrogen-bond donors (Lipinski definition) is 1. The molecule has 1 N–H and O–H groups in total. The predicted molar refractivity (Wildman–Crippen MR) is 209 cm³/mol. The van der Waals surface area contributed by atoms with Crippen LogP contribution in [0.15, 0.2) is 24.3 Å². The van der Waals surface area contributed by atoms with Crippen molar-refractivity contribution in [2.24, 2.45) is 11.8 Å². The predicted octanol–water partition coefficient (Wildman–Crippen LogP) is 11.8. The summed E-state index contributed by atoms with van der Waals surface area (Å²) in [6.07, 6.45) is 28.7. The van der Waals surface area contributed by atoms with Crippen LogP contribution in [-0.2, 0) is 14.3 Å². The van der Waals surface area contributed by atoms with Gasteiger partial charge in [-0.2, -0.15) is 0 Å². The standard InChI is InChI=1S/C24H38O4.C18H36O2.Ba.2H/c1-19(2)13-7-5-11-17-27-23(25)21-15-9-10-16-22(21)24(26)28-18-12-6-8-14-20(3)4;1-2-3-4-5-6-7-8-9-10-11-12-13-14-15-16-17-18(19)20;;;/h9-10,15-16,19-20H,5-8,11-14,17-18H2,1-4H3;2-17H2,1H3,(H,19,20);;;. The molecule has 0 heterocycles. The minimum atomic E-state index is -0.653. The van der Waals surface area contributed by atoms with E-state index < -0.39 is 17.9 Å². The number of unbranched alkanes of at least 4 members (excludes halogenated alkanes) is 18. The van der Waals surface area contributed by atoms with Crippen LogP contribution in [0.25, 0.3) is 0 Å². The van der Waals surface area contributed by atoms with Crippen molar-refractivity contribution in [1.82, 2.24) is 0 Å². The number of ether oxygens (including phenoxy) is 2. The molecule has 0 fully saturated rings. The third kappa shape index (κ3) is 34.1. The Morgan fingerprint density at radius 3 is 1.18 bits per heavy atom. The van der Waals surface area contributed by atoms with Crippen LogP contribution in [0.1, 0.15) is 209 Å². The van der Waals surface area contributed by atoms with E-state index in [2.05, 4.69) is 34.6 Å². The van der Waals surface area contributed by atoms with E-state index in [0.29, 0.717) is 31.5 Å². The molecule has 0 aliphatic carbocycles. The van der Waals surface area contributed by atoms with Crippen molar-refractivity contribution in [1.29, 1.82) is 0 Å². The Hall–Kier alpha value is -0.799. The molecule has 0 radical (unpaired) electrons. The number of carboxylic acids is 1. The van der Waals surface area contributed by atoms with Crippen LogP contribution in [-0.4, -0.2) is 85.1 Å². The van der Waals surface area contributed by atoms with Crippen molar-refractivity contribution >= 4 is 66.8 Å². The van der Waals surface area contributed by atoms with E-state index in [4.69, 9.17) is 14.6 Å². The Labute approximate surface area is 342 Å². The van der Waals surface area contributed by atoms with Gasteiger partial charge >= 0.3 is 66.8 Å². The minimum absolute atomic E-state index is 0. The Morgan fingerprint density at radius 1 is 0.531 bits per heavy atom. The summed E-state index contributed by atoms with van der Waals surface area (Å²) in [6, 6.07) is 6.73. The molecule has 0 aliphatic heterocycles. The van der Waals surface area contributed by atoms with Gasteiger partial charge in [0.15, 0.2) is 0 Å². The Bertz CT molecular complexity index is 865. The molecule has 0 spiro atoms. The zero-order chi connectivity index (χ0) is 35.7. The molecule has 1 aromatic rings. The molecule has 0 bridgehead atoms. The third-order valence-electron chi connectivity index (χ3n) is 8.68. The van der Waals surface area contributed by atoms with Gasteiger partial charge < -0.3 is 14.6 Å². The zero-order valence-corrected chi connectivity index (χ0v) is 31.8. The van der Waals surface area contributed by atoms with Gasteiger partial charge in [0.25, 0.3) is 0 Å². The molecule has 1 rings (SSSR count). The van der Waals surface area contributed by atoms with Gasteiger partial charge in [-0.15, -0.1) is 0 Å². The van der Waals surface area contributed by atoms with Gasteiger partial charge in [0.05, 0.1) is 24.3 Å². The molecule has 1 aromatic carbocycles. The molecule has 0 saturated carbocycles. The Balaban J connectivity index is 0. The summed E-state index contributed by atoms with van der Waals surface area (Å²) >= 11 is 0. The molecule has 7 heteroatoms. The first-order valence-corrected chi connectivity index (χ1v) is 19.8. The molecule has 0 atom stereocenters. The first-order chi connectivity index (χ1) is 23.2. The van der Waals surface area contributed by atoms with E-state index in [1.807, 2.05) is 0 Å². The van der Waals surface area contributed by atoms with Crippen molar-refractivity contribution in [3.05, 3.63) is 35.4 Å². The molecular weight excluding hydrogens is 738 g/mol. The molecule has 0 aliphatic rings. The van der Waals surface area contributed by atoms with E-state index in [1.165, 1.54) is 96.3 Å².